The number of anilines is 2. The van der Waals surface area contributed by atoms with E-state index < -0.39 is 0 Å². The molecule has 0 aliphatic heterocycles. The molecule has 7 nitrogen and oxygen atoms in total. The Bertz CT molecular complexity index is 1420. The molecule has 2 aromatic heterocycles. The zero-order chi connectivity index (χ0) is 25.3. The van der Waals surface area contributed by atoms with Crippen LogP contribution in [0.3, 0.4) is 0 Å². The molecule has 0 bridgehead atoms. The number of hydrogen-bond donors (Lipinski definition) is 2. The highest BCUT2D eigenvalue weighted by Gasteiger charge is 2.20. The summed E-state index contributed by atoms with van der Waals surface area (Å²) in [5, 5.41) is 11.1. The summed E-state index contributed by atoms with van der Waals surface area (Å²) in [6, 6.07) is 15.4. The second kappa shape index (κ2) is 9.70. The number of benzene rings is 2. The standard InChI is InChI=1S/C28H31N5O2/c1-16(2)27(34)30-20-12-11-19(6)24(13-20)32-28(35)22-14-25(21-10-8-7-9-18(21)5)31-26-23(22)15-29-33(26)17(3)4/h7-17H,1-6H3,(H,30,34)(H,32,35). The molecule has 0 saturated carbocycles. The molecule has 180 valence electrons. The SMILES string of the molecule is Cc1ccc(NC(=O)C(C)C)cc1NC(=O)c1cc(-c2ccccc2C)nc2c1cnn2C(C)C. The van der Waals surface area contributed by atoms with Crippen LogP contribution in [0.2, 0.25) is 0 Å². The molecule has 0 aliphatic rings. The molecule has 0 radical (unpaired) electrons. The fraction of sp³-hybridized carbons (Fsp3) is 0.286. The fourth-order valence-electron chi connectivity index (χ4n) is 3.89. The molecule has 0 unspecified atom stereocenters. The van der Waals surface area contributed by atoms with Gasteiger partial charge in [0, 0.05) is 28.9 Å². The Morgan fingerprint density at radius 1 is 0.914 bits per heavy atom. The van der Waals surface area contributed by atoms with Crippen molar-refractivity contribution >= 4 is 34.2 Å². The number of hydrogen-bond acceptors (Lipinski definition) is 4. The van der Waals surface area contributed by atoms with Crippen molar-refractivity contribution in [2.45, 2.75) is 47.6 Å². The first kappa shape index (κ1) is 24.1. The minimum Gasteiger partial charge on any atom is -0.326 e. The van der Waals surface area contributed by atoms with Crippen LogP contribution in [0.5, 0.6) is 0 Å². The minimum atomic E-state index is -0.258. The third-order valence-corrected chi connectivity index (χ3v) is 6.00. The summed E-state index contributed by atoms with van der Waals surface area (Å²) in [5.41, 5.74) is 6.09. The number of aromatic nitrogens is 3. The van der Waals surface area contributed by atoms with E-state index in [-0.39, 0.29) is 23.8 Å². The lowest BCUT2D eigenvalue weighted by Gasteiger charge is -2.14. The maximum Gasteiger partial charge on any atom is 0.256 e. The predicted octanol–water partition coefficient (Wildman–Crippen LogP) is 6.14. The highest BCUT2D eigenvalue weighted by molar-refractivity contribution is 6.13. The Hall–Kier alpha value is -4.00. The normalized spacial score (nSPS) is 11.3. The van der Waals surface area contributed by atoms with Crippen LogP contribution >= 0.6 is 0 Å². The average Bonchev–Trinajstić information content (AvgIpc) is 3.25. The molecule has 0 aliphatic carbocycles. The van der Waals surface area contributed by atoms with Crippen LogP contribution in [0.4, 0.5) is 11.4 Å². The number of nitrogens with zero attached hydrogens (tertiary/aromatic N) is 3. The number of fused-ring (bicyclic) bond motifs is 1. The lowest BCUT2D eigenvalue weighted by Crippen LogP contribution is -2.18. The molecule has 4 aromatic rings. The Morgan fingerprint density at radius 3 is 2.34 bits per heavy atom. The van der Waals surface area contributed by atoms with Gasteiger partial charge < -0.3 is 10.6 Å². The maximum absolute atomic E-state index is 13.6. The quantitative estimate of drug-likeness (QED) is 0.355. The summed E-state index contributed by atoms with van der Waals surface area (Å²) in [6.07, 6.45) is 1.70. The Labute approximate surface area is 205 Å². The van der Waals surface area contributed by atoms with Crippen molar-refractivity contribution in [3.63, 3.8) is 0 Å². The number of aryl methyl sites for hydroxylation is 2. The molecule has 0 spiro atoms. The van der Waals surface area contributed by atoms with E-state index in [0.717, 1.165) is 22.4 Å². The van der Waals surface area contributed by atoms with Crippen LogP contribution in [0.25, 0.3) is 22.3 Å². The largest absolute Gasteiger partial charge is 0.326 e. The van der Waals surface area contributed by atoms with Gasteiger partial charge in [-0.3, -0.25) is 9.59 Å². The monoisotopic (exact) mass is 469 g/mol. The molecule has 4 rings (SSSR count). The summed E-state index contributed by atoms with van der Waals surface area (Å²) in [5.74, 6) is -0.478. The highest BCUT2D eigenvalue weighted by Crippen LogP contribution is 2.29. The van der Waals surface area contributed by atoms with Crippen LogP contribution in [0.15, 0.2) is 54.7 Å². The first-order valence-electron chi connectivity index (χ1n) is 11.8. The zero-order valence-electron chi connectivity index (χ0n) is 21.0. The second-order valence-electron chi connectivity index (χ2n) is 9.42. The van der Waals surface area contributed by atoms with Gasteiger partial charge in [-0.25, -0.2) is 9.67 Å². The number of amides is 2. The summed E-state index contributed by atoms with van der Waals surface area (Å²) in [6.45, 7) is 11.7. The van der Waals surface area contributed by atoms with Gasteiger partial charge in [0.15, 0.2) is 5.65 Å². The van der Waals surface area contributed by atoms with E-state index in [1.54, 1.807) is 12.3 Å². The van der Waals surface area contributed by atoms with Crippen LogP contribution in [-0.2, 0) is 4.79 Å². The van der Waals surface area contributed by atoms with Crippen molar-refractivity contribution in [3.05, 3.63) is 71.4 Å². The minimum absolute atomic E-state index is 0.0778. The van der Waals surface area contributed by atoms with Crippen molar-refractivity contribution < 1.29 is 9.59 Å². The number of carbonyl (C=O) groups excluding carboxylic acids is 2. The second-order valence-corrected chi connectivity index (χ2v) is 9.42. The molecule has 0 atom stereocenters. The molecule has 2 aromatic carbocycles. The summed E-state index contributed by atoms with van der Waals surface area (Å²) < 4.78 is 1.83. The molecule has 35 heavy (non-hydrogen) atoms. The van der Waals surface area contributed by atoms with Crippen molar-refractivity contribution in [2.75, 3.05) is 10.6 Å². The first-order chi connectivity index (χ1) is 16.7. The smallest absolute Gasteiger partial charge is 0.256 e. The molecule has 7 heteroatoms. The highest BCUT2D eigenvalue weighted by atomic mass is 16.2. The van der Waals surface area contributed by atoms with Gasteiger partial charge in [-0.15, -0.1) is 0 Å². The van der Waals surface area contributed by atoms with Gasteiger partial charge >= 0.3 is 0 Å². The predicted molar refractivity (Wildman–Crippen MR) is 141 cm³/mol. The van der Waals surface area contributed by atoms with Crippen LogP contribution in [-0.4, -0.2) is 26.6 Å². The molecule has 0 saturated heterocycles. The fourth-order valence-corrected chi connectivity index (χ4v) is 3.89. The van der Waals surface area contributed by atoms with E-state index in [2.05, 4.69) is 15.7 Å². The van der Waals surface area contributed by atoms with Crippen LogP contribution in [0.1, 0.15) is 55.2 Å². The summed E-state index contributed by atoms with van der Waals surface area (Å²) in [7, 11) is 0. The van der Waals surface area contributed by atoms with Gasteiger partial charge in [0.1, 0.15) is 0 Å². The molecule has 0 fully saturated rings. The topological polar surface area (TPSA) is 88.9 Å². The first-order valence-corrected chi connectivity index (χ1v) is 11.8. The third kappa shape index (κ3) is 4.94. The Morgan fingerprint density at radius 2 is 1.66 bits per heavy atom. The molecular formula is C28H31N5O2. The lowest BCUT2D eigenvalue weighted by molar-refractivity contribution is -0.118. The summed E-state index contributed by atoms with van der Waals surface area (Å²) in [4.78, 5) is 30.6. The van der Waals surface area contributed by atoms with E-state index in [4.69, 9.17) is 4.98 Å². The van der Waals surface area contributed by atoms with E-state index in [1.165, 1.54) is 0 Å². The van der Waals surface area contributed by atoms with E-state index in [1.807, 2.05) is 88.7 Å². The van der Waals surface area contributed by atoms with Gasteiger partial charge in [0.05, 0.1) is 22.8 Å². The Balaban J connectivity index is 1.77. The maximum atomic E-state index is 13.6. The average molecular weight is 470 g/mol. The zero-order valence-corrected chi connectivity index (χ0v) is 21.0. The van der Waals surface area contributed by atoms with Crippen LogP contribution in [0, 0.1) is 19.8 Å². The van der Waals surface area contributed by atoms with Gasteiger partial charge in [-0.2, -0.15) is 5.10 Å². The van der Waals surface area contributed by atoms with Gasteiger partial charge in [0.25, 0.3) is 5.91 Å². The van der Waals surface area contributed by atoms with E-state index in [0.29, 0.717) is 28.0 Å². The Kier molecular flexibility index (Phi) is 6.69. The summed E-state index contributed by atoms with van der Waals surface area (Å²) >= 11 is 0. The molecule has 2 N–H and O–H groups in total. The van der Waals surface area contributed by atoms with Crippen molar-refractivity contribution in [3.8, 4) is 11.3 Å². The lowest BCUT2D eigenvalue weighted by atomic mass is 10.0. The van der Waals surface area contributed by atoms with Crippen molar-refractivity contribution in [2.24, 2.45) is 5.92 Å². The molecule has 2 amide bonds. The van der Waals surface area contributed by atoms with Crippen LogP contribution < -0.4 is 10.6 Å². The van der Waals surface area contributed by atoms with Gasteiger partial charge in [-0.1, -0.05) is 44.2 Å². The molecule has 2 heterocycles. The third-order valence-electron chi connectivity index (χ3n) is 6.00. The molecular weight excluding hydrogens is 438 g/mol. The van der Waals surface area contributed by atoms with E-state index >= 15 is 0 Å². The number of pyridine rings is 1. The number of carbonyl (C=O) groups is 2. The van der Waals surface area contributed by atoms with Crippen molar-refractivity contribution in [1.82, 2.24) is 14.8 Å². The van der Waals surface area contributed by atoms with E-state index in [9.17, 15) is 9.59 Å². The number of nitrogens with one attached hydrogen (secondary N) is 2. The van der Waals surface area contributed by atoms with Gasteiger partial charge in [0.2, 0.25) is 5.91 Å². The van der Waals surface area contributed by atoms with Gasteiger partial charge in [-0.05, 0) is 57.0 Å². The van der Waals surface area contributed by atoms with Crippen molar-refractivity contribution in [1.29, 1.82) is 0 Å². The number of rotatable bonds is 6.